The lowest BCUT2D eigenvalue weighted by Gasteiger charge is -2.61. The van der Waals surface area contributed by atoms with Crippen molar-refractivity contribution in [2.75, 3.05) is 20.1 Å². The van der Waals surface area contributed by atoms with Gasteiger partial charge in [-0.25, -0.2) is 9.59 Å². The van der Waals surface area contributed by atoms with Crippen molar-refractivity contribution in [3.63, 3.8) is 0 Å². The van der Waals surface area contributed by atoms with E-state index in [0.29, 0.717) is 25.1 Å². The van der Waals surface area contributed by atoms with Gasteiger partial charge in [-0.3, -0.25) is 9.59 Å². The van der Waals surface area contributed by atoms with E-state index in [2.05, 4.69) is 15.5 Å². The van der Waals surface area contributed by atoms with Gasteiger partial charge in [0.2, 0.25) is 5.91 Å². The molecule has 6 rings (SSSR count). The number of phenols is 1. The van der Waals surface area contributed by atoms with E-state index < -0.39 is 58.8 Å². The molecular formula is C37H45N3O10. The molecule has 50 heavy (non-hydrogen) atoms. The fourth-order valence-electron chi connectivity index (χ4n) is 7.86. The van der Waals surface area contributed by atoms with E-state index >= 15 is 0 Å². The second-order valence-corrected chi connectivity index (χ2v) is 14.6. The fraction of sp³-hybridized carbons (Fsp3) is 0.514. The molecule has 4 N–H and O–H groups in total. The fourth-order valence-corrected chi connectivity index (χ4v) is 7.86. The Balaban J connectivity index is 1.06. The summed E-state index contributed by atoms with van der Waals surface area (Å²) >= 11 is 0. The number of benzene rings is 2. The number of phenolic OH excluding ortho intramolecular Hbond substituents is 1. The molecule has 1 unspecified atom stereocenters. The molecule has 1 spiro atoms. The Morgan fingerprint density at radius 3 is 2.58 bits per heavy atom. The second-order valence-electron chi connectivity index (χ2n) is 14.6. The lowest BCUT2D eigenvalue weighted by Crippen LogP contribution is -2.74. The first-order chi connectivity index (χ1) is 23.6. The molecule has 2 aromatic rings. The lowest BCUT2D eigenvalue weighted by molar-refractivity contribution is -0.175. The van der Waals surface area contributed by atoms with Crippen LogP contribution in [0.4, 0.5) is 4.79 Å². The molecule has 2 aliphatic heterocycles. The normalized spacial score (nSPS) is 25.9. The van der Waals surface area contributed by atoms with Crippen LogP contribution in [-0.2, 0) is 46.9 Å². The van der Waals surface area contributed by atoms with Gasteiger partial charge in [-0.15, -0.1) is 0 Å². The number of likely N-dealkylation sites (N-methyl/N-ethyl adjacent to an activating group) is 1. The number of esters is 2. The average molecular weight is 692 g/mol. The average Bonchev–Trinajstić information content (AvgIpc) is 3.41. The quantitative estimate of drug-likeness (QED) is 0.213. The molecule has 2 heterocycles. The van der Waals surface area contributed by atoms with Crippen molar-refractivity contribution < 1.29 is 48.3 Å². The summed E-state index contributed by atoms with van der Waals surface area (Å²) in [7, 11) is 1.98. The van der Waals surface area contributed by atoms with Crippen molar-refractivity contribution in [3.05, 3.63) is 71.0 Å². The summed E-state index contributed by atoms with van der Waals surface area (Å²) in [6, 6.07) is 11.4. The number of aliphatic hydroxyl groups is 1. The number of carbonyl (C=O) groups is 4. The van der Waals surface area contributed by atoms with E-state index in [1.54, 1.807) is 32.9 Å². The Labute approximate surface area is 290 Å². The van der Waals surface area contributed by atoms with Gasteiger partial charge in [-0.05, 0) is 77.4 Å². The van der Waals surface area contributed by atoms with E-state index in [0.717, 1.165) is 16.7 Å². The van der Waals surface area contributed by atoms with Gasteiger partial charge in [0.15, 0.2) is 23.7 Å². The first-order valence-electron chi connectivity index (χ1n) is 17.0. The Morgan fingerprint density at radius 1 is 1.12 bits per heavy atom. The third kappa shape index (κ3) is 6.39. The summed E-state index contributed by atoms with van der Waals surface area (Å²) in [5.74, 6) is -1.64. The highest BCUT2D eigenvalue weighted by Gasteiger charge is 2.72. The van der Waals surface area contributed by atoms with Crippen LogP contribution in [0.5, 0.6) is 11.5 Å². The summed E-state index contributed by atoms with van der Waals surface area (Å²) in [6.07, 6.45) is 0.0326. The molecule has 0 aromatic heterocycles. The van der Waals surface area contributed by atoms with Crippen LogP contribution in [0.3, 0.4) is 0 Å². The highest BCUT2D eigenvalue weighted by Crippen LogP contribution is 2.65. The van der Waals surface area contributed by atoms with Gasteiger partial charge in [0.05, 0.1) is 17.4 Å². The van der Waals surface area contributed by atoms with Crippen molar-refractivity contribution in [1.29, 1.82) is 0 Å². The zero-order valence-corrected chi connectivity index (χ0v) is 29.0. The van der Waals surface area contributed by atoms with Crippen LogP contribution in [0.1, 0.15) is 63.6 Å². The largest absolute Gasteiger partial charge is 0.504 e. The van der Waals surface area contributed by atoms with E-state index in [-0.39, 0.29) is 43.4 Å². The first-order valence-corrected chi connectivity index (χ1v) is 17.0. The summed E-state index contributed by atoms with van der Waals surface area (Å²) < 4.78 is 22.8. The molecule has 2 aliphatic carbocycles. The number of piperidine rings is 1. The van der Waals surface area contributed by atoms with E-state index in [4.69, 9.17) is 18.9 Å². The highest BCUT2D eigenvalue weighted by atomic mass is 16.6. The molecule has 2 bridgehead atoms. The van der Waals surface area contributed by atoms with E-state index in [9.17, 15) is 29.4 Å². The number of amides is 2. The van der Waals surface area contributed by atoms with Crippen LogP contribution >= 0.6 is 0 Å². The summed E-state index contributed by atoms with van der Waals surface area (Å²) in [4.78, 5) is 53.6. The summed E-state index contributed by atoms with van der Waals surface area (Å²) in [5, 5.41) is 28.2. The zero-order chi connectivity index (χ0) is 36.0. The van der Waals surface area contributed by atoms with Crippen molar-refractivity contribution in [2.45, 2.75) is 101 Å². The third-order valence-electron chi connectivity index (χ3n) is 10.1. The molecular weight excluding hydrogens is 646 g/mol. The Bertz CT molecular complexity index is 1700. The molecule has 268 valence electrons. The van der Waals surface area contributed by atoms with Crippen LogP contribution in [0.25, 0.3) is 0 Å². The minimum Gasteiger partial charge on any atom is -0.504 e. The van der Waals surface area contributed by atoms with Gasteiger partial charge in [0.25, 0.3) is 0 Å². The maximum atomic E-state index is 13.2. The minimum absolute atomic E-state index is 0.0423. The van der Waals surface area contributed by atoms with Crippen LogP contribution in [-0.4, -0.2) is 94.7 Å². The zero-order valence-electron chi connectivity index (χ0n) is 29.0. The number of hydrogen-bond acceptors (Lipinski definition) is 11. The molecule has 2 aromatic carbocycles. The van der Waals surface area contributed by atoms with Gasteiger partial charge < -0.3 is 44.7 Å². The maximum absolute atomic E-state index is 13.2. The van der Waals surface area contributed by atoms with Gasteiger partial charge in [-0.1, -0.05) is 36.4 Å². The molecule has 0 saturated carbocycles. The SMILES string of the molecule is CC(OC(=O)CCNC(=O)[C@H](Cc1ccccc1)NC(=O)OC(C)(C)C)C(=O)OC1=CC[C@@]2(O)[C@H]3Cc4ccc(O)c5c4[C@@]2(CCN3C)[C@H]1O5. The number of nitrogens with zero attached hydrogens (tertiary/aromatic N) is 1. The molecule has 6 atom stereocenters. The molecule has 13 nitrogen and oxygen atoms in total. The predicted molar refractivity (Wildman–Crippen MR) is 179 cm³/mol. The lowest BCUT2D eigenvalue weighted by atomic mass is 9.50. The minimum atomic E-state index is -1.29. The Kier molecular flexibility index (Phi) is 9.33. The topological polar surface area (TPSA) is 173 Å². The van der Waals surface area contributed by atoms with Crippen LogP contribution in [0, 0.1) is 0 Å². The molecule has 1 saturated heterocycles. The highest BCUT2D eigenvalue weighted by molar-refractivity contribution is 5.86. The number of ether oxygens (including phenoxy) is 4. The maximum Gasteiger partial charge on any atom is 0.408 e. The van der Waals surface area contributed by atoms with Gasteiger partial charge >= 0.3 is 18.0 Å². The molecule has 4 aliphatic rings. The molecule has 1 fully saturated rings. The van der Waals surface area contributed by atoms with Crippen molar-refractivity contribution in [1.82, 2.24) is 15.5 Å². The summed E-state index contributed by atoms with van der Waals surface area (Å²) in [6.45, 7) is 7.11. The monoisotopic (exact) mass is 691 g/mol. The number of rotatable bonds is 10. The van der Waals surface area contributed by atoms with Gasteiger partial charge in [0.1, 0.15) is 17.4 Å². The Hall–Kier alpha value is -4.62. The van der Waals surface area contributed by atoms with Crippen LogP contribution in [0.2, 0.25) is 0 Å². The number of aromatic hydroxyl groups is 1. The van der Waals surface area contributed by atoms with Gasteiger partial charge in [-0.2, -0.15) is 0 Å². The van der Waals surface area contributed by atoms with Crippen molar-refractivity contribution in [3.8, 4) is 11.5 Å². The summed E-state index contributed by atoms with van der Waals surface area (Å²) in [5.41, 5.74) is -0.330. The number of nitrogens with one attached hydrogen (secondary N) is 2. The third-order valence-corrected chi connectivity index (χ3v) is 10.1. The number of hydrogen-bond donors (Lipinski definition) is 4. The second kappa shape index (κ2) is 13.3. The van der Waals surface area contributed by atoms with E-state index in [1.807, 2.05) is 43.4 Å². The molecule has 0 radical (unpaired) electrons. The van der Waals surface area contributed by atoms with Crippen LogP contribution < -0.4 is 15.4 Å². The van der Waals surface area contributed by atoms with Gasteiger partial charge in [0, 0.05) is 31.0 Å². The van der Waals surface area contributed by atoms with Crippen LogP contribution in [0.15, 0.2) is 54.3 Å². The van der Waals surface area contributed by atoms with Crippen molar-refractivity contribution >= 4 is 23.9 Å². The standard InChI is InChI=1S/C37H45N3O10/c1-21(47-28(42)14-17-38-32(43)24(19-22-9-7-6-8-10-22)39-34(45)50-35(2,3)4)33(44)48-26-13-15-37(46)27-20-23-11-12-25(41)30-29(23)36(37,31(26)49-30)16-18-40(27)5/h6-13,21,24,27,31,41,46H,14-20H2,1-5H3,(H,38,43)(H,39,45)/t21?,24-,27+,31-,36-,37+/m0/s1. The van der Waals surface area contributed by atoms with E-state index in [1.165, 1.54) is 6.92 Å². The number of alkyl carbamates (subject to hydrolysis) is 1. The predicted octanol–water partition coefficient (Wildman–Crippen LogP) is 2.79. The first kappa shape index (κ1) is 35.2. The van der Waals surface area contributed by atoms with Crippen molar-refractivity contribution in [2.24, 2.45) is 0 Å². The number of carbonyl (C=O) groups excluding carboxylic acids is 4. The number of likely N-dealkylation sites (tertiary alicyclic amines) is 1. The Morgan fingerprint density at radius 2 is 1.86 bits per heavy atom. The smallest absolute Gasteiger partial charge is 0.408 e. The molecule has 13 heteroatoms. The molecule has 2 amide bonds.